The molecule has 2 aromatic carbocycles. The van der Waals surface area contributed by atoms with Crippen LogP contribution in [0.2, 0.25) is 0 Å². The summed E-state index contributed by atoms with van der Waals surface area (Å²) in [5, 5.41) is 0. The molecule has 0 N–H and O–H groups in total. The minimum Gasteiger partial charge on any atom is -0.489 e. The molecule has 0 bridgehead atoms. The van der Waals surface area contributed by atoms with Crippen LogP contribution in [0.3, 0.4) is 0 Å². The Balaban J connectivity index is 2.03. The molecule has 0 heterocycles. The summed E-state index contributed by atoms with van der Waals surface area (Å²) in [4.78, 5) is 2.04. The van der Waals surface area contributed by atoms with E-state index in [9.17, 15) is 8.42 Å². The van der Waals surface area contributed by atoms with E-state index < -0.39 is 10.0 Å². The van der Waals surface area contributed by atoms with Crippen LogP contribution in [0.25, 0.3) is 0 Å². The molecule has 0 aliphatic heterocycles. The number of nitrogens with zero attached hydrogens (tertiary/aromatic N) is 2. The van der Waals surface area contributed by atoms with Gasteiger partial charge < -0.3 is 9.64 Å². The van der Waals surface area contributed by atoms with Gasteiger partial charge >= 0.3 is 0 Å². The van der Waals surface area contributed by atoms with Gasteiger partial charge in [-0.15, -0.1) is 0 Å². The number of anilines is 2. The first-order chi connectivity index (χ1) is 10.8. The van der Waals surface area contributed by atoms with Gasteiger partial charge in [-0.2, -0.15) is 0 Å². The summed E-state index contributed by atoms with van der Waals surface area (Å²) < 4.78 is 30.0. The van der Waals surface area contributed by atoms with Crippen LogP contribution in [0.1, 0.15) is 5.56 Å². The maximum absolute atomic E-state index is 11.5. The predicted molar refractivity (Wildman–Crippen MR) is 94.8 cm³/mol. The number of benzene rings is 2. The molecule has 2 aromatic rings. The van der Waals surface area contributed by atoms with E-state index in [0.29, 0.717) is 18.0 Å². The molecule has 0 radical (unpaired) electrons. The monoisotopic (exact) mass is 334 g/mol. The Morgan fingerprint density at radius 1 is 0.957 bits per heavy atom. The van der Waals surface area contributed by atoms with Gasteiger partial charge in [-0.25, -0.2) is 8.42 Å². The van der Waals surface area contributed by atoms with Crippen LogP contribution in [0.5, 0.6) is 5.75 Å². The van der Waals surface area contributed by atoms with Crippen LogP contribution in [0.15, 0.2) is 48.5 Å². The minimum absolute atomic E-state index is 0.461. The first kappa shape index (κ1) is 17.1. The highest BCUT2D eigenvalue weighted by Gasteiger charge is 2.11. The van der Waals surface area contributed by atoms with E-state index in [1.807, 2.05) is 37.2 Å². The van der Waals surface area contributed by atoms with Crippen LogP contribution in [0, 0.1) is 0 Å². The van der Waals surface area contributed by atoms with Crippen LogP contribution in [-0.2, 0) is 16.6 Å². The average Bonchev–Trinajstić information content (AvgIpc) is 2.52. The highest BCUT2D eigenvalue weighted by atomic mass is 32.2. The first-order valence-corrected chi connectivity index (χ1v) is 9.05. The Morgan fingerprint density at radius 2 is 1.61 bits per heavy atom. The van der Waals surface area contributed by atoms with E-state index in [1.54, 1.807) is 24.3 Å². The Labute approximate surface area is 138 Å². The number of hydrogen-bond donors (Lipinski definition) is 0. The van der Waals surface area contributed by atoms with Gasteiger partial charge in [-0.3, -0.25) is 4.31 Å². The SMILES string of the molecule is CN(C)c1cccc(COc2ccc(N(C)S(C)(=O)=O)cc2)c1. The summed E-state index contributed by atoms with van der Waals surface area (Å²) in [5.41, 5.74) is 2.80. The smallest absolute Gasteiger partial charge is 0.231 e. The van der Waals surface area contributed by atoms with Crippen molar-refractivity contribution in [2.75, 3.05) is 36.6 Å². The van der Waals surface area contributed by atoms with Crippen LogP contribution in [-0.4, -0.2) is 35.8 Å². The first-order valence-electron chi connectivity index (χ1n) is 7.20. The molecule has 23 heavy (non-hydrogen) atoms. The number of hydrogen-bond acceptors (Lipinski definition) is 4. The summed E-state index contributed by atoms with van der Waals surface area (Å²) in [5.74, 6) is 0.700. The van der Waals surface area contributed by atoms with Gasteiger partial charge in [0, 0.05) is 26.8 Å². The molecule has 0 amide bonds. The van der Waals surface area contributed by atoms with Gasteiger partial charge in [0.25, 0.3) is 0 Å². The molecule has 0 saturated heterocycles. The van der Waals surface area contributed by atoms with Crippen LogP contribution in [0.4, 0.5) is 11.4 Å². The molecule has 5 nitrogen and oxygen atoms in total. The summed E-state index contributed by atoms with van der Waals surface area (Å²) in [7, 11) is 2.27. The lowest BCUT2D eigenvalue weighted by Crippen LogP contribution is -2.24. The van der Waals surface area contributed by atoms with E-state index in [1.165, 1.54) is 17.6 Å². The van der Waals surface area contributed by atoms with Crippen LogP contribution < -0.4 is 13.9 Å². The molecular weight excluding hydrogens is 312 g/mol. The molecular formula is C17H22N2O3S. The summed E-state index contributed by atoms with van der Waals surface area (Å²) in [6.07, 6.45) is 1.18. The van der Waals surface area contributed by atoms with Crippen LogP contribution >= 0.6 is 0 Å². The highest BCUT2D eigenvalue weighted by Crippen LogP contribution is 2.21. The topological polar surface area (TPSA) is 49.9 Å². The number of sulfonamides is 1. The molecule has 2 rings (SSSR count). The van der Waals surface area contributed by atoms with Crippen molar-refractivity contribution in [3.8, 4) is 5.75 Å². The summed E-state index contributed by atoms with van der Waals surface area (Å²) >= 11 is 0. The fraction of sp³-hybridized carbons (Fsp3) is 0.294. The molecule has 0 saturated carbocycles. The predicted octanol–water partition coefficient (Wildman–Crippen LogP) is 2.73. The third-order valence-corrected chi connectivity index (χ3v) is 4.74. The van der Waals surface area contributed by atoms with Gasteiger partial charge in [0.05, 0.1) is 11.9 Å². The molecule has 0 aliphatic carbocycles. The van der Waals surface area contributed by atoms with E-state index in [-0.39, 0.29) is 0 Å². The molecule has 0 unspecified atom stereocenters. The van der Waals surface area contributed by atoms with Gasteiger partial charge in [0.15, 0.2) is 0 Å². The Bertz CT molecular complexity index is 756. The zero-order valence-corrected chi connectivity index (χ0v) is 14.7. The number of ether oxygens (including phenoxy) is 1. The molecule has 0 aliphatic rings. The summed E-state index contributed by atoms with van der Waals surface area (Å²) in [6, 6.07) is 15.1. The fourth-order valence-corrected chi connectivity index (χ4v) is 2.54. The molecule has 0 spiro atoms. The largest absolute Gasteiger partial charge is 0.489 e. The Kier molecular flexibility index (Phi) is 5.15. The van der Waals surface area contributed by atoms with Crippen molar-refractivity contribution < 1.29 is 13.2 Å². The van der Waals surface area contributed by atoms with Crippen molar-refractivity contribution in [2.24, 2.45) is 0 Å². The third-order valence-electron chi connectivity index (χ3n) is 3.53. The fourth-order valence-electron chi connectivity index (χ4n) is 2.03. The number of rotatable bonds is 6. The maximum Gasteiger partial charge on any atom is 0.231 e. The summed E-state index contributed by atoms with van der Waals surface area (Å²) in [6.45, 7) is 0.461. The lowest BCUT2D eigenvalue weighted by molar-refractivity contribution is 0.306. The quantitative estimate of drug-likeness (QED) is 0.815. The van der Waals surface area contributed by atoms with Gasteiger partial charge in [0.2, 0.25) is 10.0 Å². The Hall–Kier alpha value is -2.21. The molecule has 0 aromatic heterocycles. The van der Waals surface area contributed by atoms with Gasteiger partial charge in [-0.1, -0.05) is 12.1 Å². The average molecular weight is 334 g/mol. The van der Waals surface area contributed by atoms with E-state index in [2.05, 4.69) is 6.07 Å². The minimum atomic E-state index is -3.25. The second kappa shape index (κ2) is 6.91. The van der Waals surface area contributed by atoms with Crippen molar-refractivity contribution in [3.05, 3.63) is 54.1 Å². The molecule has 0 fully saturated rings. The van der Waals surface area contributed by atoms with E-state index in [0.717, 1.165) is 11.3 Å². The van der Waals surface area contributed by atoms with Crippen molar-refractivity contribution in [3.63, 3.8) is 0 Å². The normalized spacial score (nSPS) is 11.1. The highest BCUT2D eigenvalue weighted by molar-refractivity contribution is 7.92. The standard InChI is InChI=1S/C17H22N2O3S/c1-18(2)16-7-5-6-14(12-16)13-22-17-10-8-15(9-11-17)19(3)23(4,20)21/h5-12H,13H2,1-4H3. The van der Waals surface area contributed by atoms with Gasteiger partial charge in [0.1, 0.15) is 12.4 Å². The zero-order valence-electron chi connectivity index (χ0n) is 13.9. The lowest BCUT2D eigenvalue weighted by Gasteiger charge is -2.17. The van der Waals surface area contributed by atoms with E-state index in [4.69, 9.17) is 4.74 Å². The lowest BCUT2D eigenvalue weighted by atomic mass is 10.2. The molecule has 0 atom stereocenters. The molecule has 124 valence electrons. The zero-order chi connectivity index (χ0) is 17.0. The van der Waals surface area contributed by atoms with Crippen molar-refractivity contribution in [1.82, 2.24) is 0 Å². The van der Waals surface area contributed by atoms with Gasteiger partial charge in [-0.05, 0) is 42.0 Å². The second-order valence-electron chi connectivity index (χ2n) is 5.58. The Morgan fingerprint density at radius 3 is 2.17 bits per heavy atom. The van der Waals surface area contributed by atoms with E-state index >= 15 is 0 Å². The van der Waals surface area contributed by atoms with Crippen molar-refractivity contribution in [2.45, 2.75) is 6.61 Å². The second-order valence-corrected chi connectivity index (χ2v) is 7.59. The molecule has 6 heteroatoms. The van der Waals surface area contributed by atoms with Crippen molar-refractivity contribution in [1.29, 1.82) is 0 Å². The maximum atomic E-state index is 11.5. The van der Waals surface area contributed by atoms with Crippen molar-refractivity contribution >= 4 is 21.4 Å². The third kappa shape index (κ3) is 4.63.